The van der Waals surface area contributed by atoms with Crippen molar-refractivity contribution in [3.05, 3.63) is 0 Å². The van der Waals surface area contributed by atoms with E-state index in [1.807, 2.05) is 0 Å². The van der Waals surface area contributed by atoms with Gasteiger partial charge in [-0.25, -0.2) is 56.7 Å². The summed E-state index contributed by atoms with van der Waals surface area (Å²) in [6.07, 6.45) is -38.1. The molecule has 0 saturated carbocycles. The third-order valence-corrected chi connectivity index (χ3v) is 4.06. The third-order valence-electron chi connectivity index (χ3n) is 3.33. The van der Waals surface area contributed by atoms with Gasteiger partial charge in [0.15, 0.2) is 55.5 Å². The molecule has 0 bridgehead atoms. The molecule has 28 heavy (non-hydrogen) atoms. The third kappa shape index (κ3) is 8.88. The summed E-state index contributed by atoms with van der Waals surface area (Å²) in [4.78, 5) is 0. The van der Waals surface area contributed by atoms with E-state index < -0.39 is 84.3 Å². The van der Waals surface area contributed by atoms with Crippen LogP contribution in [-0.4, -0.2) is 87.1 Å². The van der Waals surface area contributed by atoms with Crippen molar-refractivity contribution >= 4 is 10.1 Å². The van der Waals surface area contributed by atoms with Crippen molar-refractivity contribution in [3.63, 3.8) is 0 Å². The first-order valence-corrected chi connectivity index (χ1v) is 8.63. The zero-order chi connectivity index (χ0) is 21.7. The predicted octanol–water partition coefficient (Wildman–Crippen LogP) is -0.114. The maximum Gasteiger partial charge on any atom is 1.00 e. The molecule has 10 atom stereocenters. The quantitative estimate of drug-likeness (QED) is 0.227. The Morgan fingerprint density at radius 3 is 1.07 bits per heavy atom. The first-order valence-electron chi connectivity index (χ1n) is 7.05. The number of hydrogen-bond acceptors (Lipinski definition) is 3. The van der Waals surface area contributed by atoms with Crippen LogP contribution in [0.3, 0.4) is 0 Å². The van der Waals surface area contributed by atoms with Gasteiger partial charge in [-0.15, -0.1) is 0 Å². The molecule has 0 spiro atoms. The van der Waals surface area contributed by atoms with Crippen molar-refractivity contribution in [2.24, 2.45) is 0 Å². The molecule has 0 rings (SSSR count). The molecule has 0 aromatic heterocycles. The van der Waals surface area contributed by atoms with Crippen LogP contribution < -0.4 is 29.6 Å². The number of rotatable bonds is 12. The summed E-state index contributed by atoms with van der Waals surface area (Å²) in [6, 6.07) is 0. The van der Waals surface area contributed by atoms with E-state index in [0.717, 1.165) is 0 Å². The van der Waals surface area contributed by atoms with Gasteiger partial charge >= 0.3 is 29.6 Å². The fourth-order valence-electron chi connectivity index (χ4n) is 1.82. The zero-order valence-electron chi connectivity index (χ0n) is 14.0. The molecule has 0 radical (unpaired) electrons. The number of alkyl halides is 11. The van der Waals surface area contributed by atoms with Gasteiger partial charge in [-0.3, -0.25) is 0 Å². The molecule has 164 valence electrons. The molecule has 0 aliphatic heterocycles. The van der Waals surface area contributed by atoms with Gasteiger partial charge in [-0.05, 0) is 0 Å². The van der Waals surface area contributed by atoms with Gasteiger partial charge in [0.2, 0.25) is 0 Å². The Bertz CT molecular complexity index is 545. The molecule has 10 unspecified atom stereocenters. The van der Waals surface area contributed by atoms with E-state index in [-0.39, 0.29) is 29.6 Å². The second-order valence-electron chi connectivity index (χ2n) is 5.47. The van der Waals surface area contributed by atoms with Gasteiger partial charge in [0, 0.05) is 0 Å². The van der Waals surface area contributed by atoms with Crippen molar-refractivity contribution in [1.82, 2.24) is 0 Å². The van der Waals surface area contributed by atoms with Crippen molar-refractivity contribution in [1.29, 1.82) is 0 Å². The van der Waals surface area contributed by atoms with Gasteiger partial charge < -0.3 is 4.55 Å². The van der Waals surface area contributed by atoms with Crippen LogP contribution in [0.15, 0.2) is 0 Å². The first-order chi connectivity index (χ1) is 12.2. The summed E-state index contributed by atoms with van der Waals surface area (Å²) >= 11 is 0. The van der Waals surface area contributed by atoms with E-state index in [1.165, 1.54) is 0 Å². The van der Waals surface area contributed by atoms with Crippen LogP contribution in [0.5, 0.6) is 0 Å². The van der Waals surface area contributed by atoms with Crippen LogP contribution in [0.25, 0.3) is 0 Å². The van der Waals surface area contributed by atoms with E-state index in [9.17, 15) is 61.3 Å². The van der Waals surface area contributed by atoms with Crippen molar-refractivity contribution in [2.75, 3.05) is 12.4 Å². The standard InChI is InChI=1S/C12H15F11O3S.Na/c13-1-3(14)5(16)7(18)9(20)11(22)12(23)10(21)8(19)6(17)4(15)2-27(24,25)26;/h3-12H,1-2H2,(H,24,25,26);/q;+1/p-1. The second kappa shape index (κ2) is 12.7. The van der Waals surface area contributed by atoms with Crippen LogP contribution in [0.4, 0.5) is 48.3 Å². The van der Waals surface area contributed by atoms with Crippen LogP contribution in [-0.2, 0) is 10.1 Å². The van der Waals surface area contributed by atoms with Crippen molar-refractivity contribution in [2.45, 2.75) is 61.7 Å². The summed E-state index contributed by atoms with van der Waals surface area (Å²) in [6.45, 7) is -2.16. The molecule has 0 aliphatic rings. The minimum absolute atomic E-state index is 0. The van der Waals surface area contributed by atoms with E-state index in [0.29, 0.717) is 0 Å². The maximum absolute atomic E-state index is 13.4. The summed E-state index contributed by atoms with van der Waals surface area (Å²) in [5.41, 5.74) is 0. The fourth-order valence-corrected chi connectivity index (χ4v) is 2.40. The summed E-state index contributed by atoms with van der Waals surface area (Å²) in [5.74, 6) is -2.18. The molecular formula is C12H14F11NaO3S. The SMILES string of the molecule is O=S(=O)([O-])CC(F)C(F)C(F)C(F)C(F)C(F)C(F)C(F)C(F)C(F)CF.[Na+]. The smallest absolute Gasteiger partial charge is 0.748 e. The van der Waals surface area contributed by atoms with Gasteiger partial charge in [0.05, 0.1) is 15.9 Å². The zero-order valence-corrected chi connectivity index (χ0v) is 16.8. The van der Waals surface area contributed by atoms with Gasteiger partial charge in [0.1, 0.15) is 12.8 Å². The molecule has 0 fully saturated rings. The Balaban J connectivity index is 0. The van der Waals surface area contributed by atoms with E-state index in [1.54, 1.807) is 0 Å². The molecule has 0 heterocycles. The number of hydrogen-bond donors (Lipinski definition) is 0. The van der Waals surface area contributed by atoms with Crippen LogP contribution in [0.2, 0.25) is 0 Å². The Labute approximate surface area is 175 Å². The summed E-state index contributed by atoms with van der Waals surface area (Å²) < 4.78 is 174. The number of halogens is 11. The average Bonchev–Trinajstić information content (AvgIpc) is 2.60. The Morgan fingerprint density at radius 2 is 0.821 bits per heavy atom. The largest absolute Gasteiger partial charge is 1.00 e. The molecular weight excluding hydrogens is 456 g/mol. The van der Waals surface area contributed by atoms with Gasteiger partial charge in [0.25, 0.3) is 0 Å². The Kier molecular flexibility index (Phi) is 13.8. The molecule has 0 aromatic carbocycles. The topological polar surface area (TPSA) is 57.2 Å². The first kappa shape index (κ1) is 30.3. The molecule has 0 aromatic rings. The predicted molar refractivity (Wildman–Crippen MR) is 69.5 cm³/mol. The van der Waals surface area contributed by atoms with Crippen molar-refractivity contribution < 1.29 is 90.8 Å². The molecule has 0 N–H and O–H groups in total. The molecule has 0 aliphatic carbocycles. The summed E-state index contributed by atoms with van der Waals surface area (Å²) in [5, 5.41) is 0. The Hall–Kier alpha value is 0.140. The molecule has 0 saturated heterocycles. The van der Waals surface area contributed by atoms with Gasteiger partial charge in [-0.1, -0.05) is 0 Å². The molecule has 0 amide bonds. The van der Waals surface area contributed by atoms with Crippen LogP contribution in [0.1, 0.15) is 0 Å². The normalized spacial score (nSPS) is 23.3. The van der Waals surface area contributed by atoms with E-state index in [2.05, 4.69) is 0 Å². The van der Waals surface area contributed by atoms with Gasteiger partial charge in [-0.2, -0.15) is 0 Å². The average molecular weight is 470 g/mol. The van der Waals surface area contributed by atoms with Crippen LogP contribution in [0, 0.1) is 0 Å². The summed E-state index contributed by atoms with van der Waals surface area (Å²) in [7, 11) is -5.45. The maximum atomic E-state index is 13.4. The van der Waals surface area contributed by atoms with Crippen LogP contribution >= 0.6 is 0 Å². The second-order valence-corrected chi connectivity index (χ2v) is 6.91. The Morgan fingerprint density at radius 1 is 0.571 bits per heavy atom. The minimum Gasteiger partial charge on any atom is -0.748 e. The minimum atomic E-state index is -5.45. The van der Waals surface area contributed by atoms with Crippen molar-refractivity contribution in [3.8, 4) is 0 Å². The van der Waals surface area contributed by atoms with E-state index in [4.69, 9.17) is 0 Å². The fraction of sp³-hybridized carbons (Fsp3) is 1.00. The molecule has 16 heteroatoms. The van der Waals surface area contributed by atoms with E-state index >= 15 is 0 Å². The molecule has 3 nitrogen and oxygen atoms in total. The monoisotopic (exact) mass is 470 g/mol.